The molecule has 0 aliphatic carbocycles. The van der Waals surface area contributed by atoms with E-state index in [1.807, 2.05) is 0 Å². The number of halogens is 5. The molecule has 0 bridgehead atoms. The van der Waals surface area contributed by atoms with Crippen molar-refractivity contribution in [2.45, 2.75) is 19.1 Å². The molecule has 0 radical (unpaired) electrons. The lowest BCUT2D eigenvalue weighted by molar-refractivity contribution is -0.141. The van der Waals surface area contributed by atoms with E-state index >= 15 is 0 Å². The summed E-state index contributed by atoms with van der Waals surface area (Å²) in [6.07, 6.45) is -1.87. The number of carbonyl (C=O) groups excluding carboxylic acids is 1. The number of carbonyl (C=O) groups is 1. The molecule has 8 nitrogen and oxygen atoms in total. The van der Waals surface area contributed by atoms with Gasteiger partial charge in [0.1, 0.15) is 17.8 Å². The average molecular weight is 417 g/mol. The minimum atomic E-state index is -3.24. The largest absolute Gasteiger partial charge is 0.467 e. The number of ether oxygens (including phenoxy) is 2. The molecule has 154 valence electrons. The fourth-order valence-corrected chi connectivity index (χ4v) is 2.48. The smallest absolute Gasteiger partial charge is 0.387 e. The number of benzene rings is 1. The molecule has 0 aliphatic heterocycles. The molecular formula is C16H12F5N5O3. The van der Waals surface area contributed by atoms with Crippen LogP contribution in [0.2, 0.25) is 0 Å². The fourth-order valence-electron chi connectivity index (χ4n) is 2.48. The third-order valence-corrected chi connectivity index (χ3v) is 3.73. The molecule has 0 spiro atoms. The second-order valence-corrected chi connectivity index (χ2v) is 5.51. The van der Waals surface area contributed by atoms with Crippen molar-refractivity contribution in [3.8, 4) is 5.75 Å². The summed E-state index contributed by atoms with van der Waals surface area (Å²) in [5, 5.41) is 6.44. The lowest BCUT2D eigenvalue weighted by Crippen LogP contribution is -2.24. The van der Waals surface area contributed by atoms with Crippen LogP contribution in [0.5, 0.6) is 5.75 Å². The molecule has 0 amide bonds. The zero-order valence-corrected chi connectivity index (χ0v) is 14.5. The van der Waals surface area contributed by atoms with E-state index in [4.69, 9.17) is 0 Å². The predicted octanol–water partition coefficient (Wildman–Crippen LogP) is 3.13. The molecule has 1 aromatic carbocycles. The summed E-state index contributed by atoms with van der Waals surface area (Å²) >= 11 is 0. The number of anilines is 1. The number of nitrogens with one attached hydrogen (secondary N) is 1. The Labute approximate surface area is 159 Å². The van der Waals surface area contributed by atoms with Gasteiger partial charge < -0.3 is 14.8 Å². The third kappa shape index (κ3) is 4.33. The van der Waals surface area contributed by atoms with Crippen LogP contribution in [0.25, 0.3) is 5.78 Å². The molecule has 13 heteroatoms. The Balaban J connectivity index is 2.01. The Hall–Kier alpha value is -3.51. The second-order valence-electron chi connectivity index (χ2n) is 5.51. The van der Waals surface area contributed by atoms with Crippen LogP contribution >= 0.6 is 0 Å². The normalized spacial score (nSPS) is 12.4. The topological polar surface area (TPSA) is 90.6 Å². The van der Waals surface area contributed by atoms with Gasteiger partial charge in [0.2, 0.25) is 0 Å². The number of rotatable bonds is 7. The molecule has 29 heavy (non-hydrogen) atoms. The second kappa shape index (κ2) is 8.24. The average Bonchev–Trinajstić information content (AvgIpc) is 3.15. The number of hydrogen-bond donors (Lipinski definition) is 1. The molecule has 1 N–H and O–H groups in total. The summed E-state index contributed by atoms with van der Waals surface area (Å²) < 4.78 is 74.6. The van der Waals surface area contributed by atoms with Gasteiger partial charge in [0, 0.05) is 6.07 Å². The minimum absolute atomic E-state index is 0.0420. The molecule has 2 heterocycles. The van der Waals surface area contributed by atoms with Crippen molar-refractivity contribution in [2.75, 3.05) is 12.4 Å². The highest BCUT2D eigenvalue weighted by atomic mass is 19.3. The van der Waals surface area contributed by atoms with Crippen LogP contribution < -0.4 is 10.1 Å². The van der Waals surface area contributed by atoms with Crippen molar-refractivity contribution in [1.29, 1.82) is 0 Å². The standard InChI is InChI=1S/C16H12F5N5O3/c1-28-14(27)12(7-2-3-10(8(17)4-7)29-15(20)21)25-11-5-9(13(18)19)24-16-22-6-23-26(11)16/h2-6,12-13,15,25H,1H3. The van der Waals surface area contributed by atoms with Gasteiger partial charge in [0.15, 0.2) is 17.6 Å². The molecule has 0 saturated carbocycles. The van der Waals surface area contributed by atoms with E-state index < -0.39 is 42.3 Å². The van der Waals surface area contributed by atoms with Crippen LogP contribution in [0, 0.1) is 5.82 Å². The van der Waals surface area contributed by atoms with E-state index in [0.717, 1.165) is 42.2 Å². The molecular weight excluding hydrogens is 405 g/mol. The van der Waals surface area contributed by atoms with Crippen LogP contribution in [0.3, 0.4) is 0 Å². The molecule has 1 atom stereocenters. The van der Waals surface area contributed by atoms with Gasteiger partial charge in [0.05, 0.1) is 7.11 Å². The Morgan fingerprint density at radius 3 is 2.59 bits per heavy atom. The maximum absolute atomic E-state index is 14.1. The lowest BCUT2D eigenvalue weighted by Gasteiger charge is -2.19. The van der Waals surface area contributed by atoms with E-state index in [9.17, 15) is 26.7 Å². The van der Waals surface area contributed by atoms with E-state index in [1.165, 1.54) is 0 Å². The molecule has 2 aromatic heterocycles. The first-order chi connectivity index (χ1) is 13.8. The van der Waals surface area contributed by atoms with Gasteiger partial charge >= 0.3 is 12.6 Å². The lowest BCUT2D eigenvalue weighted by atomic mass is 10.1. The third-order valence-electron chi connectivity index (χ3n) is 3.73. The molecule has 0 saturated heterocycles. The van der Waals surface area contributed by atoms with Crippen molar-refractivity contribution in [3.63, 3.8) is 0 Å². The summed E-state index contributed by atoms with van der Waals surface area (Å²) in [5.74, 6) is -3.06. The zero-order valence-electron chi connectivity index (χ0n) is 14.5. The highest BCUT2D eigenvalue weighted by Crippen LogP contribution is 2.28. The Morgan fingerprint density at radius 2 is 1.97 bits per heavy atom. The summed E-state index contributed by atoms with van der Waals surface area (Å²) in [5.41, 5.74) is -0.678. The number of nitrogens with zero attached hydrogens (tertiary/aromatic N) is 4. The number of hydrogen-bond acceptors (Lipinski definition) is 7. The van der Waals surface area contributed by atoms with Crippen LogP contribution in [0.4, 0.5) is 27.8 Å². The Kier molecular flexibility index (Phi) is 5.75. The van der Waals surface area contributed by atoms with Crippen molar-refractivity contribution in [1.82, 2.24) is 19.6 Å². The minimum Gasteiger partial charge on any atom is -0.467 e. The Morgan fingerprint density at radius 1 is 1.21 bits per heavy atom. The summed E-state index contributed by atoms with van der Waals surface area (Å²) in [4.78, 5) is 19.6. The van der Waals surface area contributed by atoms with Crippen molar-refractivity contribution < 1.29 is 36.2 Å². The molecule has 0 fully saturated rings. The fraction of sp³-hybridized carbons (Fsp3) is 0.250. The summed E-state index contributed by atoms with van der Waals surface area (Å²) in [7, 11) is 1.06. The van der Waals surface area contributed by atoms with E-state index in [0.29, 0.717) is 0 Å². The van der Waals surface area contributed by atoms with Gasteiger partial charge in [-0.1, -0.05) is 6.07 Å². The number of aromatic nitrogens is 4. The van der Waals surface area contributed by atoms with Crippen LogP contribution in [-0.4, -0.2) is 39.3 Å². The molecule has 0 aliphatic rings. The van der Waals surface area contributed by atoms with Gasteiger partial charge in [-0.05, 0) is 17.7 Å². The predicted molar refractivity (Wildman–Crippen MR) is 87.2 cm³/mol. The van der Waals surface area contributed by atoms with Gasteiger partial charge in [-0.2, -0.15) is 23.4 Å². The first-order valence-electron chi connectivity index (χ1n) is 7.87. The highest BCUT2D eigenvalue weighted by Gasteiger charge is 2.25. The maximum atomic E-state index is 14.1. The molecule has 3 aromatic rings. The van der Waals surface area contributed by atoms with Crippen molar-refractivity contribution >= 4 is 17.6 Å². The molecule has 1 unspecified atom stereocenters. The summed E-state index contributed by atoms with van der Waals surface area (Å²) in [6, 6.07) is 2.36. The quantitative estimate of drug-likeness (QED) is 0.467. The van der Waals surface area contributed by atoms with E-state index in [-0.39, 0.29) is 17.2 Å². The monoisotopic (exact) mass is 417 g/mol. The van der Waals surface area contributed by atoms with Gasteiger partial charge in [0.25, 0.3) is 12.2 Å². The van der Waals surface area contributed by atoms with Crippen LogP contribution in [0.15, 0.2) is 30.6 Å². The molecule has 3 rings (SSSR count). The number of fused-ring (bicyclic) bond motifs is 1. The van der Waals surface area contributed by atoms with Crippen molar-refractivity contribution in [3.05, 3.63) is 47.7 Å². The number of esters is 1. The maximum Gasteiger partial charge on any atom is 0.387 e. The number of alkyl halides is 4. The van der Waals surface area contributed by atoms with Gasteiger partial charge in [-0.3, -0.25) is 0 Å². The van der Waals surface area contributed by atoms with Gasteiger partial charge in [-0.15, -0.1) is 0 Å². The van der Waals surface area contributed by atoms with Crippen molar-refractivity contribution in [2.24, 2.45) is 0 Å². The zero-order chi connectivity index (χ0) is 21.1. The van der Waals surface area contributed by atoms with E-state index in [2.05, 4.69) is 29.9 Å². The SMILES string of the molecule is COC(=O)C(Nc1cc(C(F)F)nc2ncnn12)c1ccc(OC(F)F)c(F)c1. The van der Waals surface area contributed by atoms with Crippen LogP contribution in [-0.2, 0) is 9.53 Å². The van der Waals surface area contributed by atoms with Gasteiger partial charge in [-0.25, -0.2) is 22.9 Å². The first-order valence-corrected chi connectivity index (χ1v) is 7.87. The van der Waals surface area contributed by atoms with E-state index in [1.54, 1.807) is 0 Å². The van der Waals surface area contributed by atoms with Crippen LogP contribution in [0.1, 0.15) is 23.7 Å². The first kappa shape index (κ1) is 20.2. The number of methoxy groups -OCH3 is 1. The Bertz CT molecular complexity index is 1030. The summed E-state index contributed by atoms with van der Waals surface area (Å²) in [6.45, 7) is -3.24. The highest BCUT2D eigenvalue weighted by molar-refractivity contribution is 5.81.